The number of aromatic hydroxyl groups is 2. The van der Waals surface area contributed by atoms with Crippen LogP contribution in [0.3, 0.4) is 0 Å². The number of phenols is 2. The fourth-order valence-electron chi connectivity index (χ4n) is 1.80. The number of hydrogen-bond donors (Lipinski definition) is 3. The van der Waals surface area contributed by atoms with Crippen LogP contribution < -0.4 is 5.73 Å². The number of halogens is 1. The third-order valence-electron chi connectivity index (χ3n) is 2.90. The van der Waals surface area contributed by atoms with E-state index in [1.165, 1.54) is 36.4 Å². The van der Waals surface area contributed by atoms with Crippen molar-refractivity contribution in [2.75, 3.05) is 5.73 Å². The van der Waals surface area contributed by atoms with Crippen molar-refractivity contribution in [3.05, 3.63) is 42.2 Å². The van der Waals surface area contributed by atoms with Gasteiger partial charge in [-0.05, 0) is 36.4 Å². The molecule has 0 amide bonds. The summed E-state index contributed by atoms with van der Waals surface area (Å²) in [5.41, 5.74) is 6.42. The third-order valence-corrected chi connectivity index (χ3v) is 2.90. The van der Waals surface area contributed by atoms with Crippen molar-refractivity contribution in [1.29, 1.82) is 0 Å². The zero-order valence-corrected chi connectivity index (χ0v) is 10.6. The van der Waals surface area contributed by atoms with Gasteiger partial charge in [0.2, 0.25) is 5.82 Å². The Morgan fingerprint density at radius 3 is 2.48 bits per heavy atom. The van der Waals surface area contributed by atoms with Crippen molar-refractivity contribution in [2.45, 2.75) is 0 Å². The molecule has 0 saturated heterocycles. The topological polar surface area (TPSA) is 105 Å². The molecule has 0 bridgehead atoms. The Morgan fingerprint density at radius 2 is 1.76 bits per heavy atom. The Balaban J connectivity index is 1.99. The van der Waals surface area contributed by atoms with Gasteiger partial charge in [-0.1, -0.05) is 5.16 Å². The fraction of sp³-hybridized carbons (Fsp3) is 0. The molecule has 6 nitrogen and oxygen atoms in total. The van der Waals surface area contributed by atoms with Crippen LogP contribution in [0, 0.1) is 5.82 Å². The molecule has 106 valence electrons. The minimum Gasteiger partial charge on any atom is -0.504 e. The predicted octanol–water partition coefficient (Wildman–Crippen LogP) is 2.54. The van der Waals surface area contributed by atoms with E-state index in [1.807, 2.05) is 0 Å². The molecule has 4 N–H and O–H groups in total. The summed E-state index contributed by atoms with van der Waals surface area (Å²) in [5, 5.41) is 22.5. The predicted molar refractivity (Wildman–Crippen MR) is 72.9 cm³/mol. The summed E-state index contributed by atoms with van der Waals surface area (Å²) in [5.74, 6) is -0.659. The van der Waals surface area contributed by atoms with E-state index in [2.05, 4.69) is 10.1 Å². The molecule has 21 heavy (non-hydrogen) atoms. The highest BCUT2D eigenvalue weighted by Crippen LogP contribution is 2.30. The highest BCUT2D eigenvalue weighted by atomic mass is 19.1. The monoisotopic (exact) mass is 287 g/mol. The van der Waals surface area contributed by atoms with Gasteiger partial charge in [-0.2, -0.15) is 4.98 Å². The SMILES string of the molecule is Nc1cc(-c2nc(-c3ccc(O)c(O)c3)no2)ccc1F. The number of rotatable bonds is 2. The lowest BCUT2D eigenvalue weighted by Crippen LogP contribution is -1.90. The molecule has 7 heteroatoms. The molecule has 0 aliphatic carbocycles. The van der Waals surface area contributed by atoms with Gasteiger partial charge in [0, 0.05) is 11.1 Å². The molecular weight excluding hydrogens is 277 g/mol. The molecule has 0 unspecified atom stereocenters. The Morgan fingerprint density at radius 1 is 1.00 bits per heavy atom. The first-order valence-electron chi connectivity index (χ1n) is 5.96. The van der Waals surface area contributed by atoms with E-state index < -0.39 is 5.82 Å². The number of hydrogen-bond acceptors (Lipinski definition) is 6. The van der Waals surface area contributed by atoms with E-state index in [9.17, 15) is 14.6 Å². The summed E-state index contributed by atoms with van der Waals surface area (Å²) >= 11 is 0. The molecule has 0 spiro atoms. The van der Waals surface area contributed by atoms with E-state index in [0.717, 1.165) is 0 Å². The van der Waals surface area contributed by atoms with Crippen LogP contribution in [0.15, 0.2) is 40.9 Å². The lowest BCUT2D eigenvalue weighted by atomic mass is 10.2. The van der Waals surface area contributed by atoms with Crippen LogP contribution in [0.1, 0.15) is 0 Å². The van der Waals surface area contributed by atoms with Crippen LogP contribution in [-0.4, -0.2) is 20.4 Å². The number of anilines is 1. The maximum Gasteiger partial charge on any atom is 0.258 e. The van der Waals surface area contributed by atoms with Crippen molar-refractivity contribution in [1.82, 2.24) is 10.1 Å². The molecule has 3 aromatic rings. The Kier molecular flexibility index (Phi) is 2.94. The molecule has 1 heterocycles. The number of nitrogen functional groups attached to an aromatic ring is 1. The van der Waals surface area contributed by atoms with Crippen LogP contribution in [-0.2, 0) is 0 Å². The summed E-state index contributed by atoms with van der Waals surface area (Å²) in [6.45, 7) is 0. The van der Waals surface area contributed by atoms with Crippen LogP contribution in [0.2, 0.25) is 0 Å². The van der Waals surface area contributed by atoms with Gasteiger partial charge in [0.1, 0.15) is 5.82 Å². The second-order valence-electron chi connectivity index (χ2n) is 4.36. The van der Waals surface area contributed by atoms with Gasteiger partial charge in [0.25, 0.3) is 5.89 Å². The fourth-order valence-corrected chi connectivity index (χ4v) is 1.80. The van der Waals surface area contributed by atoms with Gasteiger partial charge in [0.05, 0.1) is 5.69 Å². The molecule has 0 atom stereocenters. The van der Waals surface area contributed by atoms with Crippen LogP contribution in [0.5, 0.6) is 11.5 Å². The first-order chi connectivity index (χ1) is 10.0. The highest BCUT2D eigenvalue weighted by molar-refractivity contribution is 5.64. The minimum absolute atomic E-state index is 0.0190. The highest BCUT2D eigenvalue weighted by Gasteiger charge is 2.13. The van der Waals surface area contributed by atoms with E-state index in [1.54, 1.807) is 0 Å². The van der Waals surface area contributed by atoms with Crippen molar-refractivity contribution in [2.24, 2.45) is 0 Å². The van der Waals surface area contributed by atoms with Crippen LogP contribution in [0.25, 0.3) is 22.8 Å². The van der Waals surface area contributed by atoms with Gasteiger partial charge in [0.15, 0.2) is 11.5 Å². The summed E-state index contributed by atoms with van der Waals surface area (Å²) in [4.78, 5) is 4.14. The number of phenolic OH excluding ortho intramolecular Hbond substituents is 2. The summed E-state index contributed by atoms with van der Waals surface area (Å²) < 4.78 is 18.2. The molecule has 2 aromatic carbocycles. The van der Waals surface area contributed by atoms with Gasteiger partial charge >= 0.3 is 0 Å². The van der Waals surface area contributed by atoms with Gasteiger partial charge in [-0.25, -0.2) is 4.39 Å². The van der Waals surface area contributed by atoms with Crippen molar-refractivity contribution in [3.63, 3.8) is 0 Å². The van der Waals surface area contributed by atoms with Crippen LogP contribution in [0.4, 0.5) is 10.1 Å². The number of aromatic nitrogens is 2. The van der Waals surface area contributed by atoms with E-state index in [4.69, 9.17) is 10.3 Å². The average Bonchev–Trinajstić information content (AvgIpc) is 2.94. The molecule has 0 saturated carbocycles. The third kappa shape index (κ3) is 2.36. The Labute approximate surface area is 118 Å². The van der Waals surface area contributed by atoms with E-state index in [-0.39, 0.29) is 28.9 Å². The molecule has 0 fully saturated rings. The standard InChI is InChI=1S/C14H10FN3O3/c15-9-3-1-8(5-10(9)16)14-17-13(18-21-14)7-2-4-11(19)12(20)6-7/h1-6,19-20H,16H2. The number of nitrogens with zero attached hydrogens (tertiary/aromatic N) is 2. The Hall–Kier alpha value is -3.09. The Bertz CT molecular complexity index is 751. The summed E-state index contributed by atoms with van der Waals surface area (Å²) in [6.07, 6.45) is 0. The zero-order valence-electron chi connectivity index (χ0n) is 10.6. The molecule has 0 radical (unpaired) electrons. The van der Waals surface area contributed by atoms with Crippen molar-refractivity contribution in [3.8, 4) is 34.3 Å². The average molecular weight is 287 g/mol. The summed E-state index contributed by atoms with van der Waals surface area (Å²) in [7, 11) is 0. The van der Waals surface area contributed by atoms with Gasteiger partial charge < -0.3 is 20.5 Å². The summed E-state index contributed by atoms with van der Waals surface area (Å²) in [6, 6.07) is 8.22. The lowest BCUT2D eigenvalue weighted by Gasteiger charge is -1.99. The second-order valence-corrected chi connectivity index (χ2v) is 4.36. The quantitative estimate of drug-likeness (QED) is 0.494. The first-order valence-corrected chi connectivity index (χ1v) is 5.96. The van der Waals surface area contributed by atoms with Crippen molar-refractivity contribution < 1.29 is 19.1 Å². The van der Waals surface area contributed by atoms with E-state index >= 15 is 0 Å². The van der Waals surface area contributed by atoms with Crippen LogP contribution >= 0.6 is 0 Å². The molecule has 0 aliphatic rings. The molecule has 1 aromatic heterocycles. The van der Waals surface area contributed by atoms with Gasteiger partial charge in [-0.3, -0.25) is 0 Å². The molecule has 3 rings (SSSR count). The zero-order chi connectivity index (χ0) is 15.0. The van der Waals surface area contributed by atoms with Crippen molar-refractivity contribution >= 4 is 5.69 Å². The second kappa shape index (κ2) is 4.78. The number of benzene rings is 2. The molecule has 0 aliphatic heterocycles. The lowest BCUT2D eigenvalue weighted by molar-refractivity contribution is 0.404. The number of nitrogens with two attached hydrogens (primary N) is 1. The smallest absolute Gasteiger partial charge is 0.258 e. The molecular formula is C14H10FN3O3. The van der Waals surface area contributed by atoms with E-state index in [0.29, 0.717) is 11.1 Å². The normalized spacial score (nSPS) is 10.7. The van der Waals surface area contributed by atoms with Gasteiger partial charge in [-0.15, -0.1) is 0 Å². The first kappa shape index (κ1) is 12.9. The maximum atomic E-state index is 13.1. The minimum atomic E-state index is -0.526. The maximum absolute atomic E-state index is 13.1. The largest absolute Gasteiger partial charge is 0.504 e.